The maximum atomic E-state index is 12.4. The van der Waals surface area contributed by atoms with Gasteiger partial charge in [0.2, 0.25) is 10.0 Å². The Morgan fingerprint density at radius 3 is 2.62 bits per heavy atom. The Morgan fingerprint density at radius 1 is 1.12 bits per heavy atom. The van der Waals surface area contributed by atoms with Gasteiger partial charge in [0.05, 0.1) is 17.0 Å². The van der Waals surface area contributed by atoms with Gasteiger partial charge in [0, 0.05) is 5.69 Å². The number of hydrogen-bond acceptors (Lipinski definition) is 4. The van der Waals surface area contributed by atoms with E-state index in [0.717, 1.165) is 0 Å². The smallest absolute Gasteiger partial charge is 0.259 e. The lowest BCUT2D eigenvalue weighted by molar-refractivity contribution is 0.102. The van der Waals surface area contributed by atoms with E-state index in [1.54, 1.807) is 30.3 Å². The van der Waals surface area contributed by atoms with Gasteiger partial charge in [-0.1, -0.05) is 26.0 Å². The molecule has 24 heavy (non-hydrogen) atoms. The second-order valence-corrected chi connectivity index (χ2v) is 7.81. The third-order valence-electron chi connectivity index (χ3n) is 3.41. The number of carbonyl (C=O) groups is 1. The molecule has 2 N–H and O–H groups in total. The first kappa shape index (κ1) is 16.3. The lowest BCUT2D eigenvalue weighted by atomic mass is 10.1. The topological polar surface area (TPSA) is 84.5 Å². The first-order chi connectivity index (χ1) is 11.3. The number of benzene rings is 2. The quantitative estimate of drug-likeness (QED) is 0.888. The van der Waals surface area contributed by atoms with E-state index in [1.807, 2.05) is 19.9 Å². The summed E-state index contributed by atoms with van der Waals surface area (Å²) in [4.78, 5) is 12.4. The molecule has 0 bridgehead atoms. The zero-order valence-corrected chi connectivity index (χ0v) is 14.2. The van der Waals surface area contributed by atoms with Crippen LogP contribution in [0, 0.1) is 5.92 Å². The average molecular weight is 346 g/mol. The largest absolute Gasteiger partial charge is 0.454 e. The highest BCUT2D eigenvalue weighted by Gasteiger charge is 2.22. The minimum Gasteiger partial charge on any atom is -0.454 e. The molecule has 1 heterocycles. The predicted octanol–water partition coefficient (Wildman–Crippen LogP) is 3.44. The van der Waals surface area contributed by atoms with Crippen molar-refractivity contribution in [2.24, 2.45) is 5.92 Å². The maximum Gasteiger partial charge on any atom is 0.259 e. The van der Waals surface area contributed by atoms with Gasteiger partial charge in [-0.05, 0) is 36.2 Å². The standard InChI is InChI=1S/C17H18N2O4S/c1-11(2)10-24(21,22)19-12-7-8-15-13(9-12)17(20)18-14-5-3-4-6-16(14)23-15/h3-9,11,19H,10H2,1-2H3,(H,18,20). The summed E-state index contributed by atoms with van der Waals surface area (Å²) in [6.45, 7) is 3.66. The summed E-state index contributed by atoms with van der Waals surface area (Å²) in [6.07, 6.45) is 0. The third kappa shape index (κ3) is 3.51. The Labute approximate surface area is 140 Å². The number of ether oxygens (including phenoxy) is 1. The van der Waals surface area contributed by atoms with Crippen LogP contribution in [-0.4, -0.2) is 20.1 Å². The molecule has 2 aromatic carbocycles. The summed E-state index contributed by atoms with van der Waals surface area (Å²) >= 11 is 0. The van der Waals surface area contributed by atoms with Gasteiger partial charge in [-0.2, -0.15) is 0 Å². The van der Waals surface area contributed by atoms with Crippen molar-refractivity contribution >= 4 is 27.3 Å². The lowest BCUT2D eigenvalue weighted by Crippen LogP contribution is -2.20. The van der Waals surface area contributed by atoms with Crippen LogP contribution in [0.3, 0.4) is 0 Å². The number of sulfonamides is 1. The SMILES string of the molecule is CC(C)CS(=O)(=O)Nc1ccc2c(c1)C(=O)Nc1ccccc1O2. The van der Waals surface area contributed by atoms with Gasteiger partial charge in [0.15, 0.2) is 5.75 Å². The minimum atomic E-state index is -3.46. The van der Waals surface area contributed by atoms with Crippen molar-refractivity contribution in [1.29, 1.82) is 0 Å². The molecule has 0 atom stereocenters. The molecule has 3 rings (SSSR count). The van der Waals surface area contributed by atoms with Crippen LogP contribution in [0.4, 0.5) is 11.4 Å². The number of nitrogens with one attached hydrogen (secondary N) is 2. The predicted molar refractivity (Wildman–Crippen MR) is 93.2 cm³/mol. The monoisotopic (exact) mass is 346 g/mol. The molecule has 7 heteroatoms. The van der Waals surface area contributed by atoms with Crippen LogP contribution in [0.25, 0.3) is 0 Å². The second-order valence-electron chi connectivity index (χ2n) is 6.04. The molecule has 1 amide bonds. The van der Waals surface area contributed by atoms with Crippen LogP contribution in [0.1, 0.15) is 24.2 Å². The highest BCUT2D eigenvalue weighted by Crippen LogP contribution is 2.36. The molecular formula is C17H18N2O4S. The number of carbonyl (C=O) groups excluding carboxylic acids is 1. The molecule has 0 saturated carbocycles. The van der Waals surface area contributed by atoms with Gasteiger partial charge in [-0.25, -0.2) is 8.42 Å². The fourth-order valence-electron chi connectivity index (χ4n) is 2.49. The van der Waals surface area contributed by atoms with E-state index in [1.165, 1.54) is 6.07 Å². The zero-order valence-electron chi connectivity index (χ0n) is 13.4. The second kappa shape index (κ2) is 6.16. The number of fused-ring (bicyclic) bond motifs is 2. The van der Waals surface area contributed by atoms with Crippen molar-refractivity contribution < 1.29 is 17.9 Å². The molecule has 0 aliphatic carbocycles. The van der Waals surface area contributed by atoms with Crippen molar-refractivity contribution in [3.63, 3.8) is 0 Å². The number of anilines is 2. The van der Waals surface area contributed by atoms with E-state index in [2.05, 4.69) is 10.0 Å². The molecule has 0 saturated heterocycles. The molecule has 0 unspecified atom stereocenters. The summed E-state index contributed by atoms with van der Waals surface area (Å²) in [7, 11) is -3.46. The Balaban J connectivity index is 1.92. The Morgan fingerprint density at radius 2 is 1.88 bits per heavy atom. The summed E-state index contributed by atoms with van der Waals surface area (Å²) in [5.74, 6) is 0.587. The number of hydrogen-bond donors (Lipinski definition) is 2. The van der Waals surface area contributed by atoms with Gasteiger partial charge < -0.3 is 10.1 Å². The van der Waals surface area contributed by atoms with E-state index in [-0.39, 0.29) is 23.1 Å². The Bertz CT molecular complexity index is 891. The summed E-state index contributed by atoms with van der Waals surface area (Å²) < 4.78 is 32.4. The van der Waals surface area contributed by atoms with Crippen molar-refractivity contribution in [2.75, 3.05) is 15.8 Å². The van der Waals surface area contributed by atoms with Crippen LogP contribution in [0.5, 0.6) is 11.5 Å². The lowest BCUT2D eigenvalue weighted by Gasteiger charge is -2.12. The molecule has 0 fully saturated rings. The molecule has 6 nitrogen and oxygen atoms in total. The average Bonchev–Trinajstić information content (AvgIpc) is 2.61. The van der Waals surface area contributed by atoms with Gasteiger partial charge in [-0.15, -0.1) is 0 Å². The fraction of sp³-hybridized carbons (Fsp3) is 0.235. The summed E-state index contributed by atoms with van der Waals surface area (Å²) in [5.41, 5.74) is 1.18. The molecule has 0 aromatic heterocycles. The van der Waals surface area contributed by atoms with Crippen LogP contribution in [0.2, 0.25) is 0 Å². The van der Waals surface area contributed by atoms with Gasteiger partial charge in [0.25, 0.3) is 5.91 Å². The Hall–Kier alpha value is -2.54. The maximum absolute atomic E-state index is 12.4. The third-order valence-corrected chi connectivity index (χ3v) is 5.06. The van der Waals surface area contributed by atoms with Gasteiger partial charge in [0.1, 0.15) is 5.75 Å². The summed E-state index contributed by atoms with van der Waals surface area (Å²) in [5, 5.41) is 2.76. The van der Waals surface area contributed by atoms with Crippen molar-refractivity contribution in [1.82, 2.24) is 0 Å². The molecule has 2 aromatic rings. The van der Waals surface area contributed by atoms with Crippen molar-refractivity contribution in [3.05, 3.63) is 48.0 Å². The van der Waals surface area contributed by atoms with E-state index < -0.39 is 10.0 Å². The van der Waals surface area contributed by atoms with Crippen molar-refractivity contribution in [3.8, 4) is 11.5 Å². The summed E-state index contributed by atoms with van der Waals surface area (Å²) in [6, 6.07) is 11.8. The minimum absolute atomic E-state index is 0.00413. The van der Waals surface area contributed by atoms with Crippen LogP contribution < -0.4 is 14.8 Å². The molecule has 1 aliphatic heterocycles. The van der Waals surface area contributed by atoms with Gasteiger partial charge in [-0.3, -0.25) is 9.52 Å². The molecule has 126 valence electrons. The van der Waals surface area contributed by atoms with Crippen LogP contribution in [0.15, 0.2) is 42.5 Å². The zero-order chi connectivity index (χ0) is 17.3. The van der Waals surface area contributed by atoms with E-state index in [0.29, 0.717) is 22.9 Å². The molecule has 1 aliphatic rings. The van der Waals surface area contributed by atoms with Crippen LogP contribution >= 0.6 is 0 Å². The highest BCUT2D eigenvalue weighted by molar-refractivity contribution is 7.92. The number of amides is 1. The van der Waals surface area contributed by atoms with Crippen molar-refractivity contribution in [2.45, 2.75) is 13.8 Å². The Kier molecular flexibility index (Phi) is 4.19. The highest BCUT2D eigenvalue weighted by atomic mass is 32.2. The van der Waals surface area contributed by atoms with E-state index >= 15 is 0 Å². The number of rotatable bonds is 4. The first-order valence-corrected chi connectivity index (χ1v) is 9.22. The normalized spacial score (nSPS) is 13.4. The molecular weight excluding hydrogens is 328 g/mol. The molecule has 0 radical (unpaired) electrons. The van der Waals surface area contributed by atoms with E-state index in [9.17, 15) is 13.2 Å². The van der Waals surface area contributed by atoms with Crippen LogP contribution in [-0.2, 0) is 10.0 Å². The number of para-hydroxylation sites is 2. The van der Waals surface area contributed by atoms with E-state index in [4.69, 9.17) is 4.74 Å². The first-order valence-electron chi connectivity index (χ1n) is 7.57. The fourth-order valence-corrected chi connectivity index (χ4v) is 3.93. The molecule has 0 spiro atoms. The van der Waals surface area contributed by atoms with Gasteiger partial charge >= 0.3 is 0 Å².